The van der Waals surface area contributed by atoms with Crippen molar-refractivity contribution in [3.8, 4) is 0 Å². The van der Waals surface area contributed by atoms with Crippen LogP contribution in [-0.4, -0.2) is 36.4 Å². The minimum Gasteiger partial charge on any atom is -0.350 e. The molecule has 0 fully saturated rings. The highest BCUT2D eigenvalue weighted by Gasteiger charge is 2.18. The predicted molar refractivity (Wildman–Crippen MR) is 87.3 cm³/mol. The highest BCUT2D eigenvalue weighted by molar-refractivity contribution is 6.31. The predicted octanol–water partition coefficient (Wildman–Crippen LogP) is 2.06. The number of hydrogen-bond acceptors (Lipinski definition) is 3. The van der Waals surface area contributed by atoms with Gasteiger partial charge in [-0.3, -0.25) is 9.59 Å². The van der Waals surface area contributed by atoms with Crippen molar-refractivity contribution in [1.82, 2.24) is 15.2 Å². The average Bonchev–Trinajstić information content (AvgIpc) is 2.49. The van der Waals surface area contributed by atoms with Crippen LogP contribution in [-0.2, 0) is 0 Å². The van der Waals surface area contributed by atoms with E-state index in [-0.39, 0.29) is 11.6 Å². The minimum atomic E-state index is -0.404. The number of aromatic nitrogens is 1. The van der Waals surface area contributed by atoms with Crippen LogP contribution in [0.3, 0.4) is 0 Å². The maximum atomic E-state index is 12.1. The highest BCUT2D eigenvalue weighted by Crippen LogP contribution is 2.25. The van der Waals surface area contributed by atoms with E-state index >= 15 is 0 Å². The number of carbonyl (C=O) groups excluding carboxylic acids is 1. The van der Waals surface area contributed by atoms with Crippen LogP contribution in [0.1, 0.15) is 22.0 Å². The summed E-state index contributed by atoms with van der Waals surface area (Å²) >= 11 is 6.23. The Morgan fingerprint density at radius 1 is 1.27 bits per heavy atom. The Kier molecular flexibility index (Phi) is 5.35. The second-order valence-corrected chi connectivity index (χ2v) is 5.53. The molecule has 0 aliphatic rings. The van der Waals surface area contributed by atoms with E-state index in [0.717, 1.165) is 5.56 Å². The molecule has 0 bridgehead atoms. The second-order valence-electron chi connectivity index (χ2n) is 5.12. The molecule has 0 aliphatic carbocycles. The molecule has 1 aromatic heterocycles. The number of halogens is 1. The van der Waals surface area contributed by atoms with Gasteiger partial charge in [0.25, 0.3) is 11.5 Å². The molecular formula is C16H18ClN3O2. The third kappa shape index (κ3) is 3.75. The number of amides is 1. The Bertz CT molecular complexity index is 712. The number of nitrogens with one attached hydrogen (secondary N) is 2. The maximum absolute atomic E-state index is 12.1. The summed E-state index contributed by atoms with van der Waals surface area (Å²) in [7, 11) is 3.82. The molecule has 2 N–H and O–H groups in total. The fraction of sp³-hybridized carbons (Fsp3) is 0.250. The van der Waals surface area contributed by atoms with Gasteiger partial charge in [0.15, 0.2) is 0 Å². The molecule has 5 nitrogen and oxygen atoms in total. The van der Waals surface area contributed by atoms with Crippen LogP contribution in [0.25, 0.3) is 0 Å². The number of carbonyl (C=O) groups is 1. The molecule has 0 radical (unpaired) electrons. The van der Waals surface area contributed by atoms with Gasteiger partial charge in [0.2, 0.25) is 0 Å². The molecule has 1 amide bonds. The lowest BCUT2D eigenvalue weighted by molar-refractivity contribution is 0.0940. The van der Waals surface area contributed by atoms with E-state index in [0.29, 0.717) is 11.6 Å². The summed E-state index contributed by atoms with van der Waals surface area (Å²) in [5, 5.41) is 3.43. The molecule has 6 heteroatoms. The Balaban J connectivity index is 2.14. The van der Waals surface area contributed by atoms with Crippen molar-refractivity contribution in [2.24, 2.45) is 0 Å². The fourth-order valence-electron chi connectivity index (χ4n) is 2.20. The third-order valence-corrected chi connectivity index (χ3v) is 3.75. The Hall–Kier alpha value is -2.11. The fourth-order valence-corrected chi connectivity index (χ4v) is 2.46. The van der Waals surface area contributed by atoms with Gasteiger partial charge in [-0.25, -0.2) is 0 Å². The molecule has 1 aromatic carbocycles. The zero-order valence-corrected chi connectivity index (χ0v) is 13.2. The van der Waals surface area contributed by atoms with Gasteiger partial charge in [-0.1, -0.05) is 29.8 Å². The van der Waals surface area contributed by atoms with Crippen LogP contribution in [0.15, 0.2) is 47.4 Å². The normalized spacial score (nSPS) is 12.2. The first-order valence-electron chi connectivity index (χ1n) is 6.87. The van der Waals surface area contributed by atoms with Crippen LogP contribution in [0.2, 0.25) is 5.02 Å². The number of aromatic amines is 1. The maximum Gasteiger partial charge on any atom is 0.260 e. The Morgan fingerprint density at radius 3 is 2.64 bits per heavy atom. The lowest BCUT2D eigenvalue weighted by Crippen LogP contribution is -2.36. The minimum absolute atomic E-state index is 0.0829. The van der Waals surface area contributed by atoms with Gasteiger partial charge in [0, 0.05) is 17.8 Å². The van der Waals surface area contributed by atoms with E-state index in [2.05, 4.69) is 10.3 Å². The lowest BCUT2D eigenvalue weighted by Gasteiger charge is -2.25. The van der Waals surface area contributed by atoms with Crippen molar-refractivity contribution in [3.05, 3.63) is 69.1 Å². The van der Waals surface area contributed by atoms with Crippen LogP contribution >= 0.6 is 11.6 Å². The van der Waals surface area contributed by atoms with Crippen molar-refractivity contribution in [1.29, 1.82) is 0 Å². The van der Waals surface area contributed by atoms with Crippen molar-refractivity contribution < 1.29 is 4.79 Å². The monoisotopic (exact) mass is 319 g/mol. The number of nitrogens with zero attached hydrogens (tertiary/aromatic N) is 1. The molecule has 0 saturated carbocycles. The molecule has 0 saturated heterocycles. The van der Waals surface area contributed by atoms with Crippen molar-refractivity contribution >= 4 is 17.5 Å². The van der Waals surface area contributed by atoms with E-state index in [1.807, 2.05) is 43.3 Å². The first-order chi connectivity index (χ1) is 10.5. The summed E-state index contributed by atoms with van der Waals surface area (Å²) in [5.74, 6) is -0.402. The molecule has 0 spiro atoms. The number of benzene rings is 1. The number of H-pyrrole nitrogens is 1. The third-order valence-electron chi connectivity index (χ3n) is 3.41. The standard InChI is InChI=1S/C16H18ClN3O2/c1-20(2)14(11-6-3-4-8-13(11)17)10-19-16(22)12-7-5-9-18-15(12)21/h3-9,14H,10H2,1-2H3,(H,18,21)(H,19,22)/t14-/m0/s1. The zero-order chi connectivity index (χ0) is 16.1. The Morgan fingerprint density at radius 2 is 2.00 bits per heavy atom. The largest absolute Gasteiger partial charge is 0.350 e. The van der Waals surface area contributed by atoms with Crippen molar-refractivity contribution in [2.45, 2.75) is 6.04 Å². The van der Waals surface area contributed by atoms with Crippen molar-refractivity contribution in [3.63, 3.8) is 0 Å². The van der Waals surface area contributed by atoms with Gasteiger partial charge in [-0.05, 0) is 37.9 Å². The summed E-state index contributed by atoms with van der Waals surface area (Å²) in [6, 6.07) is 10.5. The number of likely N-dealkylation sites (N-methyl/N-ethyl adjacent to an activating group) is 1. The van der Waals surface area contributed by atoms with Crippen LogP contribution in [0, 0.1) is 0 Å². The van der Waals surface area contributed by atoms with Crippen LogP contribution in [0.4, 0.5) is 0 Å². The van der Waals surface area contributed by atoms with E-state index in [4.69, 9.17) is 11.6 Å². The molecule has 2 aromatic rings. The average molecular weight is 320 g/mol. The molecular weight excluding hydrogens is 302 g/mol. The smallest absolute Gasteiger partial charge is 0.260 e. The summed E-state index contributed by atoms with van der Waals surface area (Å²) in [5.41, 5.74) is 0.620. The molecule has 0 unspecified atom stereocenters. The summed E-state index contributed by atoms with van der Waals surface area (Å²) in [6.45, 7) is 0.351. The molecule has 2 rings (SSSR count). The summed E-state index contributed by atoms with van der Waals surface area (Å²) in [4.78, 5) is 28.2. The molecule has 1 heterocycles. The first-order valence-corrected chi connectivity index (χ1v) is 7.25. The molecule has 1 atom stereocenters. The van der Waals surface area contributed by atoms with E-state index < -0.39 is 11.5 Å². The van der Waals surface area contributed by atoms with E-state index in [1.165, 1.54) is 12.3 Å². The lowest BCUT2D eigenvalue weighted by atomic mass is 10.1. The first kappa shape index (κ1) is 16.3. The zero-order valence-electron chi connectivity index (χ0n) is 12.5. The molecule has 116 valence electrons. The number of pyridine rings is 1. The van der Waals surface area contributed by atoms with Crippen LogP contribution in [0.5, 0.6) is 0 Å². The summed E-state index contributed by atoms with van der Waals surface area (Å²) in [6.07, 6.45) is 1.49. The SMILES string of the molecule is CN(C)[C@@H](CNC(=O)c1ccc[nH]c1=O)c1ccccc1Cl. The second kappa shape index (κ2) is 7.24. The van der Waals surface area contributed by atoms with E-state index in [1.54, 1.807) is 6.07 Å². The topological polar surface area (TPSA) is 65.2 Å². The quantitative estimate of drug-likeness (QED) is 0.886. The van der Waals surface area contributed by atoms with Gasteiger partial charge < -0.3 is 15.2 Å². The Labute approximate surface area is 133 Å². The van der Waals surface area contributed by atoms with Gasteiger partial charge in [0.1, 0.15) is 5.56 Å². The van der Waals surface area contributed by atoms with Crippen molar-refractivity contribution in [2.75, 3.05) is 20.6 Å². The van der Waals surface area contributed by atoms with Gasteiger partial charge >= 0.3 is 0 Å². The molecule has 22 heavy (non-hydrogen) atoms. The number of rotatable bonds is 5. The number of hydrogen-bond donors (Lipinski definition) is 2. The van der Waals surface area contributed by atoms with Gasteiger partial charge in [-0.2, -0.15) is 0 Å². The van der Waals surface area contributed by atoms with Gasteiger partial charge in [-0.15, -0.1) is 0 Å². The summed E-state index contributed by atoms with van der Waals surface area (Å²) < 4.78 is 0. The van der Waals surface area contributed by atoms with Crippen LogP contribution < -0.4 is 10.9 Å². The highest BCUT2D eigenvalue weighted by atomic mass is 35.5. The van der Waals surface area contributed by atoms with E-state index in [9.17, 15) is 9.59 Å². The molecule has 0 aliphatic heterocycles. The van der Waals surface area contributed by atoms with Gasteiger partial charge in [0.05, 0.1) is 6.04 Å².